The van der Waals surface area contributed by atoms with Gasteiger partial charge in [-0.15, -0.1) is 0 Å². The van der Waals surface area contributed by atoms with Gasteiger partial charge in [0.1, 0.15) is 6.04 Å². The van der Waals surface area contributed by atoms with E-state index in [9.17, 15) is 4.79 Å². The van der Waals surface area contributed by atoms with Crippen molar-refractivity contribution in [3.63, 3.8) is 0 Å². The molecule has 4 heteroatoms. The predicted octanol–water partition coefficient (Wildman–Crippen LogP) is 2.31. The third-order valence-electron chi connectivity index (χ3n) is 5.05. The SMILES string of the molecule is CC1CCCC(CNC(=O)C(N)c2ccccc2)(N(C)C)C1. The number of carbonyl (C=O) groups excluding carboxylic acids is 1. The third-order valence-corrected chi connectivity index (χ3v) is 5.05. The Kier molecular flexibility index (Phi) is 5.59. The zero-order valence-corrected chi connectivity index (χ0v) is 14.0. The van der Waals surface area contributed by atoms with Crippen LogP contribution in [0.5, 0.6) is 0 Å². The summed E-state index contributed by atoms with van der Waals surface area (Å²) in [6.45, 7) is 2.97. The lowest BCUT2D eigenvalue weighted by molar-refractivity contribution is -0.123. The summed E-state index contributed by atoms with van der Waals surface area (Å²) in [6, 6.07) is 8.95. The average Bonchev–Trinajstić information content (AvgIpc) is 2.52. The van der Waals surface area contributed by atoms with Gasteiger partial charge in [-0.25, -0.2) is 0 Å². The van der Waals surface area contributed by atoms with Crippen molar-refractivity contribution in [3.05, 3.63) is 35.9 Å². The minimum absolute atomic E-state index is 0.0593. The molecule has 3 atom stereocenters. The van der Waals surface area contributed by atoms with Crippen molar-refractivity contribution < 1.29 is 4.79 Å². The first-order valence-electron chi connectivity index (χ1n) is 8.20. The molecule has 0 radical (unpaired) electrons. The van der Waals surface area contributed by atoms with Gasteiger partial charge in [0.05, 0.1) is 0 Å². The van der Waals surface area contributed by atoms with Crippen molar-refractivity contribution in [2.75, 3.05) is 20.6 Å². The van der Waals surface area contributed by atoms with Crippen LogP contribution >= 0.6 is 0 Å². The molecule has 22 heavy (non-hydrogen) atoms. The molecule has 0 heterocycles. The predicted molar refractivity (Wildman–Crippen MR) is 90.4 cm³/mol. The Morgan fingerprint density at radius 1 is 1.41 bits per heavy atom. The van der Waals surface area contributed by atoms with E-state index in [1.54, 1.807) is 0 Å². The number of nitrogens with two attached hydrogens (primary N) is 1. The molecule has 1 aliphatic carbocycles. The topological polar surface area (TPSA) is 58.4 Å². The molecule has 0 saturated heterocycles. The second-order valence-electron chi connectivity index (χ2n) is 6.93. The number of hydrogen-bond acceptors (Lipinski definition) is 3. The molecule has 0 aromatic heterocycles. The molecule has 3 unspecified atom stereocenters. The van der Waals surface area contributed by atoms with Gasteiger partial charge in [-0.3, -0.25) is 4.79 Å². The number of carbonyl (C=O) groups is 1. The second-order valence-corrected chi connectivity index (χ2v) is 6.93. The van der Waals surface area contributed by atoms with Gasteiger partial charge in [-0.2, -0.15) is 0 Å². The Morgan fingerprint density at radius 2 is 2.09 bits per heavy atom. The molecular formula is C18H29N3O. The van der Waals surface area contributed by atoms with Crippen LogP contribution < -0.4 is 11.1 Å². The van der Waals surface area contributed by atoms with Crippen LogP contribution in [0.15, 0.2) is 30.3 Å². The molecule has 3 N–H and O–H groups in total. The van der Waals surface area contributed by atoms with Gasteiger partial charge in [0.15, 0.2) is 0 Å². The molecule has 1 amide bonds. The number of rotatable bonds is 5. The Labute approximate surface area is 134 Å². The monoisotopic (exact) mass is 303 g/mol. The lowest BCUT2D eigenvalue weighted by atomic mass is 9.75. The first-order valence-corrected chi connectivity index (χ1v) is 8.20. The molecule has 1 saturated carbocycles. The van der Waals surface area contributed by atoms with Crippen molar-refractivity contribution in [3.8, 4) is 0 Å². The number of nitrogens with one attached hydrogen (secondary N) is 1. The van der Waals surface area contributed by atoms with Crippen molar-refractivity contribution in [1.29, 1.82) is 0 Å². The maximum atomic E-state index is 12.4. The highest BCUT2D eigenvalue weighted by Gasteiger charge is 2.37. The smallest absolute Gasteiger partial charge is 0.241 e. The summed E-state index contributed by atoms with van der Waals surface area (Å²) < 4.78 is 0. The molecule has 1 fully saturated rings. The third kappa shape index (κ3) is 3.87. The maximum Gasteiger partial charge on any atom is 0.241 e. The molecule has 0 bridgehead atoms. The molecule has 0 spiro atoms. The zero-order chi connectivity index (χ0) is 16.2. The van der Waals surface area contributed by atoms with Gasteiger partial charge in [0.2, 0.25) is 5.91 Å². The largest absolute Gasteiger partial charge is 0.353 e. The average molecular weight is 303 g/mol. The van der Waals surface area contributed by atoms with Crippen LogP contribution in [0, 0.1) is 5.92 Å². The van der Waals surface area contributed by atoms with E-state index in [0.717, 1.165) is 18.4 Å². The summed E-state index contributed by atoms with van der Waals surface area (Å²) in [7, 11) is 4.22. The molecule has 1 aliphatic rings. The van der Waals surface area contributed by atoms with Crippen LogP contribution in [0.3, 0.4) is 0 Å². The normalized spacial score (nSPS) is 26.7. The van der Waals surface area contributed by atoms with Crippen LogP contribution in [0.4, 0.5) is 0 Å². The quantitative estimate of drug-likeness (QED) is 0.877. The van der Waals surface area contributed by atoms with Gasteiger partial charge < -0.3 is 16.0 Å². The lowest BCUT2D eigenvalue weighted by Crippen LogP contribution is -2.55. The van der Waals surface area contributed by atoms with E-state index in [2.05, 4.69) is 31.2 Å². The Hall–Kier alpha value is -1.39. The van der Waals surface area contributed by atoms with Crippen LogP contribution in [-0.4, -0.2) is 37.0 Å². The van der Waals surface area contributed by atoms with E-state index in [4.69, 9.17) is 5.73 Å². The highest BCUT2D eigenvalue weighted by Crippen LogP contribution is 2.35. The molecular weight excluding hydrogens is 274 g/mol. The van der Waals surface area contributed by atoms with E-state index in [1.807, 2.05) is 30.3 Å². The second kappa shape index (κ2) is 7.25. The fraction of sp³-hybridized carbons (Fsp3) is 0.611. The van der Waals surface area contributed by atoms with E-state index >= 15 is 0 Å². The molecule has 0 aliphatic heterocycles. The number of nitrogens with zero attached hydrogens (tertiary/aromatic N) is 1. The summed E-state index contributed by atoms with van der Waals surface area (Å²) >= 11 is 0. The van der Waals surface area contributed by atoms with Crippen LogP contribution in [-0.2, 0) is 4.79 Å². The van der Waals surface area contributed by atoms with Crippen LogP contribution in [0.1, 0.15) is 44.2 Å². The summed E-state index contributed by atoms with van der Waals surface area (Å²) in [5.41, 5.74) is 6.99. The maximum absolute atomic E-state index is 12.4. The van der Waals surface area contributed by atoms with Crippen molar-refractivity contribution >= 4 is 5.91 Å². The first-order chi connectivity index (χ1) is 10.4. The van der Waals surface area contributed by atoms with E-state index in [0.29, 0.717) is 12.5 Å². The first kappa shape index (κ1) is 17.0. The van der Waals surface area contributed by atoms with E-state index < -0.39 is 6.04 Å². The number of benzene rings is 1. The number of amides is 1. The van der Waals surface area contributed by atoms with Crippen LogP contribution in [0.2, 0.25) is 0 Å². The fourth-order valence-corrected chi connectivity index (χ4v) is 3.53. The van der Waals surface area contributed by atoms with Crippen molar-refractivity contribution in [2.24, 2.45) is 11.7 Å². The molecule has 4 nitrogen and oxygen atoms in total. The van der Waals surface area contributed by atoms with Gasteiger partial charge in [-0.05, 0) is 38.4 Å². The molecule has 122 valence electrons. The highest BCUT2D eigenvalue weighted by molar-refractivity contribution is 5.82. The summed E-state index contributed by atoms with van der Waals surface area (Å²) in [6.07, 6.45) is 4.76. The van der Waals surface area contributed by atoms with E-state index in [1.165, 1.54) is 12.8 Å². The summed E-state index contributed by atoms with van der Waals surface area (Å²) in [4.78, 5) is 14.7. The lowest BCUT2D eigenvalue weighted by Gasteiger charge is -2.45. The zero-order valence-electron chi connectivity index (χ0n) is 14.0. The molecule has 1 aromatic rings. The standard InChI is InChI=1S/C18H29N3O/c1-14-8-7-11-18(12-14,21(2)3)13-20-17(22)16(19)15-9-5-4-6-10-15/h4-6,9-10,14,16H,7-8,11-13,19H2,1-3H3,(H,20,22). The summed E-state index contributed by atoms with van der Waals surface area (Å²) in [5, 5.41) is 3.09. The summed E-state index contributed by atoms with van der Waals surface area (Å²) in [5.74, 6) is 0.613. The Balaban J connectivity index is 1.99. The van der Waals surface area contributed by atoms with Crippen molar-refractivity contribution in [1.82, 2.24) is 10.2 Å². The van der Waals surface area contributed by atoms with Gasteiger partial charge >= 0.3 is 0 Å². The van der Waals surface area contributed by atoms with Gasteiger partial charge in [0, 0.05) is 12.1 Å². The fourth-order valence-electron chi connectivity index (χ4n) is 3.53. The minimum Gasteiger partial charge on any atom is -0.353 e. The number of likely N-dealkylation sites (N-methyl/N-ethyl adjacent to an activating group) is 1. The van der Waals surface area contributed by atoms with E-state index in [-0.39, 0.29) is 11.4 Å². The Morgan fingerprint density at radius 3 is 2.68 bits per heavy atom. The highest BCUT2D eigenvalue weighted by atomic mass is 16.2. The van der Waals surface area contributed by atoms with Crippen molar-refractivity contribution in [2.45, 2.75) is 44.2 Å². The number of hydrogen-bond donors (Lipinski definition) is 2. The molecule has 1 aromatic carbocycles. The Bertz CT molecular complexity index is 488. The minimum atomic E-state index is -0.596. The van der Waals surface area contributed by atoms with Gasteiger partial charge in [-0.1, -0.05) is 50.1 Å². The van der Waals surface area contributed by atoms with Crippen LogP contribution in [0.25, 0.3) is 0 Å². The van der Waals surface area contributed by atoms with Gasteiger partial charge in [0.25, 0.3) is 0 Å². The molecule has 2 rings (SSSR count).